The molecule has 8 nitrogen and oxygen atoms in total. The number of nitrogens with zero attached hydrogens (tertiary/aromatic N) is 2. The number of hydrogen-bond acceptors (Lipinski definition) is 6. The number of ether oxygens (including phenoxy) is 1. The van der Waals surface area contributed by atoms with Crippen molar-refractivity contribution < 1.29 is 24.3 Å². The first-order valence-corrected chi connectivity index (χ1v) is 11.3. The average molecular weight is 474 g/mol. The molecule has 4 rings (SSSR count). The first-order chi connectivity index (χ1) is 17.0. The summed E-state index contributed by atoms with van der Waals surface area (Å²) in [6.45, 7) is 0.189. The Morgan fingerprint density at radius 1 is 1.03 bits per heavy atom. The van der Waals surface area contributed by atoms with E-state index in [-0.39, 0.29) is 31.3 Å². The second-order valence-electron chi connectivity index (χ2n) is 8.11. The molecule has 0 aromatic heterocycles. The molecule has 35 heavy (non-hydrogen) atoms. The van der Waals surface area contributed by atoms with Crippen molar-refractivity contribution in [3.63, 3.8) is 0 Å². The lowest BCUT2D eigenvalue weighted by Gasteiger charge is -2.24. The van der Waals surface area contributed by atoms with Gasteiger partial charge in [0.05, 0.1) is 18.4 Å². The topological polar surface area (TPSA) is 100 Å². The summed E-state index contributed by atoms with van der Waals surface area (Å²) < 4.78 is 5.85. The van der Waals surface area contributed by atoms with E-state index >= 15 is 0 Å². The van der Waals surface area contributed by atoms with Crippen LogP contribution in [0, 0.1) is 0 Å². The number of aliphatic hydroxyl groups is 1. The van der Waals surface area contributed by atoms with Crippen molar-refractivity contribution in [2.24, 2.45) is 5.16 Å². The molecule has 0 aliphatic carbocycles. The molecule has 1 unspecified atom stereocenters. The maximum Gasteiger partial charge on any atom is 0.255 e. The van der Waals surface area contributed by atoms with Crippen molar-refractivity contribution >= 4 is 17.5 Å². The molecule has 2 N–H and O–H groups in total. The van der Waals surface area contributed by atoms with E-state index in [0.29, 0.717) is 28.3 Å². The molecule has 180 valence electrons. The Morgan fingerprint density at radius 2 is 1.71 bits per heavy atom. The van der Waals surface area contributed by atoms with Crippen LogP contribution >= 0.6 is 0 Å². The highest BCUT2D eigenvalue weighted by atomic mass is 16.6. The highest BCUT2D eigenvalue weighted by Gasteiger charge is 2.38. The number of nitrogens with one attached hydrogen (secondary N) is 1. The van der Waals surface area contributed by atoms with E-state index in [9.17, 15) is 14.7 Å². The predicted octanol–water partition coefficient (Wildman–Crippen LogP) is 3.55. The number of carbonyl (C=O) groups excluding carboxylic acids is 2. The average Bonchev–Trinajstić information content (AvgIpc) is 3.32. The lowest BCUT2D eigenvalue weighted by atomic mass is 10.1. The van der Waals surface area contributed by atoms with Crippen LogP contribution in [0.1, 0.15) is 28.4 Å². The van der Waals surface area contributed by atoms with Crippen LogP contribution in [-0.4, -0.2) is 53.8 Å². The van der Waals surface area contributed by atoms with Crippen molar-refractivity contribution in [1.82, 2.24) is 10.2 Å². The van der Waals surface area contributed by atoms with Gasteiger partial charge in [0.2, 0.25) is 5.91 Å². The molecule has 1 saturated heterocycles. The number of carbonyl (C=O) groups is 2. The maximum absolute atomic E-state index is 13.4. The van der Waals surface area contributed by atoms with E-state index in [0.717, 1.165) is 0 Å². The number of benzene rings is 3. The van der Waals surface area contributed by atoms with Crippen molar-refractivity contribution in [2.75, 3.05) is 20.2 Å². The zero-order chi connectivity index (χ0) is 24.6. The zero-order valence-electron chi connectivity index (χ0n) is 19.3. The molecule has 0 bridgehead atoms. The van der Waals surface area contributed by atoms with Crippen molar-refractivity contribution in [3.05, 3.63) is 96.1 Å². The lowest BCUT2D eigenvalue weighted by Crippen LogP contribution is -2.46. The summed E-state index contributed by atoms with van der Waals surface area (Å²) in [5, 5.41) is 17.1. The van der Waals surface area contributed by atoms with Gasteiger partial charge in [-0.1, -0.05) is 59.8 Å². The molecule has 2 atom stereocenters. The molecular formula is C27H27N3O5. The predicted molar refractivity (Wildman–Crippen MR) is 131 cm³/mol. The maximum atomic E-state index is 13.4. The number of likely N-dealkylation sites (tertiary alicyclic amines) is 1. The number of rotatable bonds is 8. The second-order valence-corrected chi connectivity index (χ2v) is 8.11. The summed E-state index contributed by atoms with van der Waals surface area (Å²) in [6.07, 6.45) is -0.614. The quantitative estimate of drug-likeness (QED) is 0.488. The van der Waals surface area contributed by atoms with Gasteiger partial charge in [0.15, 0.2) is 0 Å². The van der Waals surface area contributed by atoms with Gasteiger partial charge >= 0.3 is 0 Å². The van der Waals surface area contributed by atoms with Crippen LogP contribution < -0.4 is 10.1 Å². The molecule has 1 heterocycles. The Balaban J connectivity index is 1.48. The van der Waals surface area contributed by atoms with Crippen LogP contribution in [0.15, 0.2) is 90.1 Å². The number of aliphatic hydroxyl groups excluding tert-OH is 1. The van der Waals surface area contributed by atoms with E-state index in [4.69, 9.17) is 9.57 Å². The largest absolute Gasteiger partial charge is 0.457 e. The van der Waals surface area contributed by atoms with Crippen LogP contribution in [0.3, 0.4) is 0 Å². The Hall–Kier alpha value is -4.17. The van der Waals surface area contributed by atoms with Crippen molar-refractivity contribution in [2.45, 2.75) is 18.6 Å². The summed E-state index contributed by atoms with van der Waals surface area (Å²) in [5.41, 5.74) is 1.67. The third-order valence-electron chi connectivity index (χ3n) is 5.66. The van der Waals surface area contributed by atoms with Gasteiger partial charge < -0.3 is 24.9 Å². The van der Waals surface area contributed by atoms with Crippen LogP contribution in [-0.2, 0) is 9.63 Å². The molecule has 0 saturated carbocycles. The molecule has 0 spiro atoms. The molecular weight excluding hydrogens is 446 g/mol. The van der Waals surface area contributed by atoms with E-state index in [1.807, 2.05) is 48.5 Å². The van der Waals surface area contributed by atoms with Gasteiger partial charge in [-0.05, 0) is 35.9 Å². The summed E-state index contributed by atoms with van der Waals surface area (Å²) in [4.78, 5) is 32.8. The highest BCUT2D eigenvalue weighted by Crippen LogP contribution is 2.25. The van der Waals surface area contributed by atoms with E-state index in [1.165, 1.54) is 12.0 Å². The van der Waals surface area contributed by atoms with Crippen LogP contribution in [0.25, 0.3) is 0 Å². The van der Waals surface area contributed by atoms with Crippen molar-refractivity contribution in [1.29, 1.82) is 0 Å². The molecule has 3 aromatic rings. The lowest BCUT2D eigenvalue weighted by molar-refractivity contribution is -0.125. The van der Waals surface area contributed by atoms with Gasteiger partial charge in [-0.3, -0.25) is 9.59 Å². The fourth-order valence-corrected chi connectivity index (χ4v) is 3.94. The fourth-order valence-electron chi connectivity index (χ4n) is 3.94. The third kappa shape index (κ3) is 6.04. The van der Waals surface area contributed by atoms with Crippen LogP contribution in [0.4, 0.5) is 0 Å². The first-order valence-electron chi connectivity index (χ1n) is 11.3. The molecule has 0 radical (unpaired) electrons. The fraction of sp³-hybridized carbons (Fsp3) is 0.222. The van der Waals surface area contributed by atoms with Crippen molar-refractivity contribution in [3.8, 4) is 11.5 Å². The minimum Gasteiger partial charge on any atom is -0.457 e. The molecule has 1 aliphatic heterocycles. The number of hydrogen-bond donors (Lipinski definition) is 2. The minimum atomic E-state index is -0.857. The molecule has 1 fully saturated rings. The Bertz CT molecular complexity index is 1180. The normalized spacial score (nSPS) is 17.1. The van der Waals surface area contributed by atoms with E-state index < -0.39 is 12.1 Å². The first kappa shape index (κ1) is 24.0. The Labute approximate surface area is 203 Å². The van der Waals surface area contributed by atoms with Crippen LogP contribution in [0.5, 0.6) is 11.5 Å². The number of para-hydroxylation sites is 1. The van der Waals surface area contributed by atoms with Gasteiger partial charge in [0, 0.05) is 18.5 Å². The number of amides is 2. The molecule has 2 amide bonds. The summed E-state index contributed by atoms with van der Waals surface area (Å²) in [5.74, 6) is 0.473. The van der Waals surface area contributed by atoms with Gasteiger partial charge in [-0.2, -0.15) is 0 Å². The monoisotopic (exact) mass is 473 g/mol. The highest BCUT2D eigenvalue weighted by molar-refractivity contribution is 6.05. The van der Waals surface area contributed by atoms with Gasteiger partial charge in [-0.15, -0.1) is 0 Å². The smallest absolute Gasteiger partial charge is 0.255 e. The standard InChI is InChI=1S/C27H27N3O5/c1-34-29-21-16-24(26(32)28-17-25(31)19-9-4-2-5-10-19)30(18-21)27(33)20-11-8-14-23(15-20)35-22-12-6-3-7-13-22/h2-15,24-25,31H,16-18H2,1H3,(H,28,32)/t24-,25?/m0/s1. The zero-order valence-corrected chi connectivity index (χ0v) is 19.3. The molecule has 8 heteroatoms. The minimum absolute atomic E-state index is 0.0263. The Morgan fingerprint density at radius 3 is 2.43 bits per heavy atom. The molecule has 1 aliphatic rings. The Kier molecular flexibility index (Phi) is 7.74. The summed E-state index contributed by atoms with van der Waals surface area (Å²) in [7, 11) is 1.42. The van der Waals surface area contributed by atoms with Gasteiger partial charge in [0.25, 0.3) is 5.91 Å². The van der Waals surface area contributed by atoms with Gasteiger partial charge in [0.1, 0.15) is 24.7 Å². The van der Waals surface area contributed by atoms with Gasteiger partial charge in [-0.25, -0.2) is 0 Å². The van der Waals surface area contributed by atoms with E-state index in [1.54, 1.807) is 36.4 Å². The SMILES string of the molecule is CON=C1C[C@@H](C(=O)NCC(O)c2ccccc2)N(C(=O)c2cccc(Oc3ccccc3)c2)C1. The van der Waals surface area contributed by atoms with E-state index in [2.05, 4.69) is 10.5 Å². The summed E-state index contributed by atoms with van der Waals surface area (Å²) >= 11 is 0. The third-order valence-corrected chi connectivity index (χ3v) is 5.66. The molecule has 3 aromatic carbocycles. The van der Waals surface area contributed by atoms with Crippen LogP contribution in [0.2, 0.25) is 0 Å². The summed E-state index contributed by atoms with van der Waals surface area (Å²) in [6, 6.07) is 24.4. The number of oxime groups is 1. The second kappa shape index (κ2) is 11.3.